The van der Waals surface area contributed by atoms with Crippen molar-refractivity contribution in [3.05, 3.63) is 29.3 Å². The highest BCUT2D eigenvalue weighted by atomic mass is 16.5. The molecule has 1 unspecified atom stereocenters. The first kappa shape index (κ1) is 17.6. The molecule has 1 aromatic carbocycles. The minimum absolute atomic E-state index is 0.0281. The Bertz CT molecular complexity index is 533. The first-order valence-electron chi connectivity index (χ1n) is 8.46. The lowest BCUT2D eigenvalue weighted by Gasteiger charge is -2.24. The molecule has 0 saturated carbocycles. The lowest BCUT2D eigenvalue weighted by Crippen LogP contribution is -2.43. The Balaban J connectivity index is 2.00. The molecule has 0 aliphatic carbocycles. The van der Waals surface area contributed by atoms with Gasteiger partial charge in [0.25, 0.3) is 0 Å². The molecule has 5 heteroatoms. The zero-order chi connectivity index (χ0) is 16.8. The number of nitrogens with zero attached hydrogens (tertiary/aromatic N) is 1. The smallest absolute Gasteiger partial charge is 0.317 e. The van der Waals surface area contributed by atoms with Crippen LogP contribution in [0.5, 0.6) is 5.75 Å². The molecule has 2 amide bonds. The van der Waals surface area contributed by atoms with E-state index < -0.39 is 0 Å². The van der Waals surface area contributed by atoms with Crippen LogP contribution < -0.4 is 10.1 Å². The van der Waals surface area contributed by atoms with Gasteiger partial charge in [0.1, 0.15) is 5.75 Å². The van der Waals surface area contributed by atoms with Gasteiger partial charge in [0.05, 0.1) is 18.8 Å². The molecule has 1 fully saturated rings. The van der Waals surface area contributed by atoms with Gasteiger partial charge in [-0.05, 0) is 44.7 Å². The van der Waals surface area contributed by atoms with Crippen LogP contribution in [-0.4, -0.2) is 41.3 Å². The SMILES string of the molecule is CCC(C)Oc1cc(C)ccc1CNC(=O)N1CCC[C@@H]1CO. The summed E-state index contributed by atoms with van der Waals surface area (Å²) in [4.78, 5) is 14.0. The van der Waals surface area contributed by atoms with Gasteiger partial charge in [-0.25, -0.2) is 4.79 Å². The molecule has 1 aromatic rings. The number of amides is 2. The predicted octanol–water partition coefficient (Wildman–Crippen LogP) is 2.84. The van der Waals surface area contributed by atoms with Crippen molar-refractivity contribution < 1.29 is 14.6 Å². The summed E-state index contributed by atoms with van der Waals surface area (Å²) in [7, 11) is 0. The molecule has 2 N–H and O–H groups in total. The number of hydrogen-bond donors (Lipinski definition) is 2. The molecule has 1 heterocycles. The number of ether oxygens (including phenoxy) is 1. The molecular formula is C18H28N2O3. The van der Waals surface area contributed by atoms with Gasteiger partial charge in [0, 0.05) is 18.7 Å². The van der Waals surface area contributed by atoms with Gasteiger partial charge < -0.3 is 20.1 Å². The van der Waals surface area contributed by atoms with Gasteiger partial charge in [-0.15, -0.1) is 0 Å². The van der Waals surface area contributed by atoms with Crippen LogP contribution in [0.4, 0.5) is 4.79 Å². The fourth-order valence-corrected chi connectivity index (χ4v) is 2.78. The minimum Gasteiger partial charge on any atom is -0.490 e. The average molecular weight is 320 g/mol. The van der Waals surface area contributed by atoms with E-state index in [9.17, 15) is 9.90 Å². The van der Waals surface area contributed by atoms with E-state index >= 15 is 0 Å². The normalized spacial score (nSPS) is 18.8. The van der Waals surface area contributed by atoms with E-state index in [4.69, 9.17) is 4.74 Å². The van der Waals surface area contributed by atoms with Crippen LogP contribution in [0, 0.1) is 6.92 Å². The topological polar surface area (TPSA) is 61.8 Å². The zero-order valence-electron chi connectivity index (χ0n) is 14.3. The van der Waals surface area contributed by atoms with Crippen molar-refractivity contribution in [3.8, 4) is 5.75 Å². The van der Waals surface area contributed by atoms with Crippen LogP contribution in [-0.2, 0) is 6.54 Å². The highest BCUT2D eigenvalue weighted by Gasteiger charge is 2.27. The third-order valence-corrected chi connectivity index (χ3v) is 4.40. The van der Waals surface area contributed by atoms with Crippen molar-refractivity contribution in [1.82, 2.24) is 10.2 Å². The molecule has 0 spiro atoms. The summed E-state index contributed by atoms with van der Waals surface area (Å²) in [6.45, 7) is 7.33. The molecule has 1 saturated heterocycles. The van der Waals surface area contributed by atoms with E-state index in [1.54, 1.807) is 4.90 Å². The molecule has 0 aromatic heterocycles. The van der Waals surface area contributed by atoms with Crippen molar-refractivity contribution in [2.45, 2.75) is 58.7 Å². The highest BCUT2D eigenvalue weighted by Crippen LogP contribution is 2.23. The number of likely N-dealkylation sites (tertiary alicyclic amines) is 1. The van der Waals surface area contributed by atoms with E-state index in [1.165, 1.54) is 0 Å². The van der Waals surface area contributed by atoms with Crippen LogP contribution >= 0.6 is 0 Å². The standard InChI is InChI=1S/C18H28N2O3/c1-4-14(3)23-17-10-13(2)7-8-15(17)11-19-18(22)20-9-5-6-16(20)12-21/h7-8,10,14,16,21H,4-6,9,11-12H2,1-3H3,(H,19,22)/t14?,16-/m1/s1. The largest absolute Gasteiger partial charge is 0.490 e. The maximum atomic E-state index is 12.3. The van der Waals surface area contributed by atoms with E-state index in [2.05, 4.69) is 12.2 Å². The van der Waals surface area contributed by atoms with Gasteiger partial charge in [-0.2, -0.15) is 0 Å². The second-order valence-electron chi connectivity index (χ2n) is 6.28. The molecule has 1 aliphatic heterocycles. The van der Waals surface area contributed by atoms with Crippen molar-refractivity contribution in [3.63, 3.8) is 0 Å². The van der Waals surface area contributed by atoms with Crippen LogP contribution in [0.3, 0.4) is 0 Å². The molecule has 23 heavy (non-hydrogen) atoms. The van der Waals surface area contributed by atoms with Gasteiger partial charge in [0.2, 0.25) is 0 Å². The molecule has 2 atom stereocenters. The summed E-state index contributed by atoms with van der Waals surface area (Å²) in [5.41, 5.74) is 2.11. The first-order chi connectivity index (χ1) is 11.0. The van der Waals surface area contributed by atoms with E-state index in [0.29, 0.717) is 13.1 Å². The van der Waals surface area contributed by atoms with Crippen molar-refractivity contribution >= 4 is 6.03 Å². The Kier molecular flexibility index (Phi) is 6.28. The summed E-state index contributed by atoms with van der Waals surface area (Å²) in [5, 5.41) is 12.3. The Morgan fingerprint density at radius 2 is 2.30 bits per heavy atom. The lowest BCUT2D eigenvalue weighted by molar-refractivity contribution is 0.156. The second kappa shape index (κ2) is 8.20. The number of hydrogen-bond acceptors (Lipinski definition) is 3. The maximum Gasteiger partial charge on any atom is 0.317 e. The number of aliphatic hydroxyl groups excluding tert-OH is 1. The Morgan fingerprint density at radius 3 is 3.00 bits per heavy atom. The number of rotatable bonds is 6. The fraction of sp³-hybridized carbons (Fsp3) is 0.611. The number of nitrogens with one attached hydrogen (secondary N) is 1. The molecule has 1 aliphatic rings. The number of aryl methyl sites for hydroxylation is 1. The van der Waals surface area contributed by atoms with Crippen molar-refractivity contribution in [2.75, 3.05) is 13.2 Å². The minimum atomic E-state index is -0.114. The molecule has 2 rings (SSSR count). The van der Waals surface area contributed by atoms with Gasteiger partial charge in [-0.1, -0.05) is 19.1 Å². The fourth-order valence-electron chi connectivity index (χ4n) is 2.78. The monoisotopic (exact) mass is 320 g/mol. The van der Waals surface area contributed by atoms with Gasteiger partial charge in [-0.3, -0.25) is 0 Å². The van der Waals surface area contributed by atoms with E-state index in [-0.39, 0.29) is 24.8 Å². The van der Waals surface area contributed by atoms with Crippen molar-refractivity contribution in [1.29, 1.82) is 0 Å². The summed E-state index contributed by atoms with van der Waals surface area (Å²) in [6.07, 6.45) is 2.90. The van der Waals surface area contributed by atoms with E-state index in [0.717, 1.165) is 36.1 Å². The summed E-state index contributed by atoms with van der Waals surface area (Å²) in [6, 6.07) is 5.87. The molecule has 0 radical (unpaired) electrons. The summed E-state index contributed by atoms with van der Waals surface area (Å²) >= 11 is 0. The van der Waals surface area contributed by atoms with Gasteiger partial charge in [0.15, 0.2) is 0 Å². The molecule has 128 valence electrons. The molecule has 5 nitrogen and oxygen atoms in total. The number of benzene rings is 1. The Labute approximate surface area is 138 Å². The van der Waals surface area contributed by atoms with Crippen LogP contribution in [0.1, 0.15) is 44.2 Å². The second-order valence-corrected chi connectivity index (χ2v) is 6.28. The lowest BCUT2D eigenvalue weighted by atomic mass is 10.1. The Hall–Kier alpha value is -1.75. The third-order valence-electron chi connectivity index (χ3n) is 4.40. The van der Waals surface area contributed by atoms with Gasteiger partial charge >= 0.3 is 6.03 Å². The summed E-state index contributed by atoms with van der Waals surface area (Å²) in [5.74, 6) is 0.833. The quantitative estimate of drug-likeness (QED) is 0.847. The third kappa shape index (κ3) is 4.61. The number of aliphatic hydroxyl groups is 1. The predicted molar refractivity (Wildman–Crippen MR) is 90.6 cm³/mol. The van der Waals surface area contributed by atoms with Crippen LogP contribution in [0.15, 0.2) is 18.2 Å². The first-order valence-corrected chi connectivity index (χ1v) is 8.46. The number of urea groups is 1. The van der Waals surface area contributed by atoms with Crippen LogP contribution in [0.2, 0.25) is 0 Å². The molecular weight excluding hydrogens is 292 g/mol. The number of carbonyl (C=O) groups excluding carboxylic acids is 1. The maximum absolute atomic E-state index is 12.3. The summed E-state index contributed by atoms with van der Waals surface area (Å²) < 4.78 is 5.97. The number of carbonyl (C=O) groups is 1. The van der Waals surface area contributed by atoms with E-state index in [1.807, 2.05) is 32.0 Å². The average Bonchev–Trinajstić information content (AvgIpc) is 3.02. The highest BCUT2D eigenvalue weighted by molar-refractivity contribution is 5.75. The molecule has 0 bridgehead atoms. The van der Waals surface area contributed by atoms with Crippen molar-refractivity contribution in [2.24, 2.45) is 0 Å². The zero-order valence-corrected chi connectivity index (χ0v) is 14.3. The Morgan fingerprint density at radius 1 is 1.52 bits per heavy atom. The van der Waals surface area contributed by atoms with Crippen LogP contribution in [0.25, 0.3) is 0 Å².